The number of hydrogen-bond acceptors (Lipinski definition) is 4. The van der Waals surface area contributed by atoms with E-state index < -0.39 is 9.84 Å². The van der Waals surface area contributed by atoms with Crippen molar-refractivity contribution in [3.8, 4) is 0 Å². The van der Waals surface area contributed by atoms with Crippen molar-refractivity contribution in [3.05, 3.63) is 23.8 Å². The van der Waals surface area contributed by atoms with E-state index in [2.05, 4.69) is 0 Å². The van der Waals surface area contributed by atoms with Gasteiger partial charge in [0.05, 0.1) is 10.6 Å². The molecule has 0 heterocycles. The van der Waals surface area contributed by atoms with Gasteiger partial charge in [0.1, 0.15) is 0 Å². The predicted octanol–water partition coefficient (Wildman–Crippen LogP) is 1.30. The molecular formula is C12H20N2O2S. The quantitative estimate of drug-likeness (QED) is 0.807. The third-order valence-corrected chi connectivity index (χ3v) is 4.51. The minimum Gasteiger partial charge on any atom is -0.399 e. The molecular weight excluding hydrogens is 236 g/mol. The topological polar surface area (TPSA) is 63.4 Å². The van der Waals surface area contributed by atoms with E-state index in [1.54, 1.807) is 25.1 Å². The molecule has 0 bridgehead atoms. The van der Waals surface area contributed by atoms with Gasteiger partial charge in [-0.2, -0.15) is 0 Å². The average molecular weight is 256 g/mol. The van der Waals surface area contributed by atoms with Gasteiger partial charge < -0.3 is 10.6 Å². The first kappa shape index (κ1) is 14.0. The number of rotatable bonds is 5. The van der Waals surface area contributed by atoms with Crippen molar-refractivity contribution in [2.45, 2.75) is 18.2 Å². The van der Waals surface area contributed by atoms with Gasteiger partial charge >= 0.3 is 0 Å². The van der Waals surface area contributed by atoms with Crippen LogP contribution in [0.4, 0.5) is 5.69 Å². The first-order valence-electron chi connectivity index (χ1n) is 5.56. The summed E-state index contributed by atoms with van der Waals surface area (Å²) < 4.78 is 24.2. The normalized spacial score (nSPS) is 12.0. The maximum Gasteiger partial charge on any atom is 0.178 e. The van der Waals surface area contributed by atoms with Crippen LogP contribution in [0.1, 0.15) is 12.0 Å². The van der Waals surface area contributed by atoms with Crippen LogP contribution in [0, 0.1) is 6.92 Å². The molecule has 0 aliphatic carbocycles. The standard InChI is InChI=1S/C12H20N2O2S/c1-10-9-11(13)5-6-12(10)17(15,16)8-4-7-14(2)3/h5-6,9H,4,7-8,13H2,1-3H3. The van der Waals surface area contributed by atoms with E-state index in [1.807, 2.05) is 19.0 Å². The smallest absolute Gasteiger partial charge is 0.178 e. The Morgan fingerprint density at radius 2 is 1.94 bits per heavy atom. The Morgan fingerprint density at radius 3 is 2.47 bits per heavy atom. The van der Waals surface area contributed by atoms with Crippen molar-refractivity contribution >= 4 is 15.5 Å². The zero-order chi connectivity index (χ0) is 13.1. The molecule has 0 aromatic heterocycles. The maximum atomic E-state index is 12.1. The Morgan fingerprint density at radius 1 is 1.29 bits per heavy atom. The monoisotopic (exact) mass is 256 g/mol. The summed E-state index contributed by atoms with van der Waals surface area (Å²) >= 11 is 0. The molecule has 0 aliphatic heterocycles. The number of nitrogen functional groups attached to an aromatic ring is 1. The van der Waals surface area contributed by atoms with Crippen LogP contribution < -0.4 is 5.73 Å². The molecule has 0 fully saturated rings. The third kappa shape index (κ3) is 4.02. The second kappa shape index (κ2) is 5.51. The molecule has 4 nitrogen and oxygen atoms in total. The van der Waals surface area contributed by atoms with Crippen LogP contribution in [0.15, 0.2) is 23.1 Å². The molecule has 0 aliphatic rings. The summed E-state index contributed by atoms with van der Waals surface area (Å²) in [5.74, 6) is 0.177. The number of nitrogens with zero attached hydrogens (tertiary/aromatic N) is 1. The van der Waals surface area contributed by atoms with E-state index in [0.29, 0.717) is 17.0 Å². The average Bonchev–Trinajstić information content (AvgIpc) is 2.15. The fourth-order valence-electron chi connectivity index (χ4n) is 1.70. The number of benzene rings is 1. The molecule has 2 N–H and O–H groups in total. The van der Waals surface area contributed by atoms with Crippen LogP contribution in [-0.2, 0) is 9.84 Å². The molecule has 1 rings (SSSR count). The highest BCUT2D eigenvalue weighted by Gasteiger charge is 2.16. The zero-order valence-corrected chi connectivity index (χ0v) is 11.4. The predicted molar refractivity (Wildman–Crippen MR) is 70.8 cm³/mol. The molecule has 0 saturated carbocycles. The summed E-state index contributed by atoms with van der Waals surface area (Å²) in [4.78, 5) is 2.37. The fourth-order valence-corrected chi connectivity index (χ4v) is 3.26. The lowest BCUT2D eigenvalue weighted by Gasteiger charge is -2.11. The third-order valence-electron chi connectivity index (χ3n) is 2.55. The summed E-state index contributed by atoms with van der Waals surface area (Å²) in [5.41, 5.74) is 6.92. The number of nitrogens with two attached hydrogens (primary N) is 1. The number of aryl methyl sites for hydroxylation is 1. The summed E-state index contributed by atoms with van der Waals surface area (Å²) in [7, 11) is 0.678. The van der Waals surface area contributed by atoms with E-state index in [1.165, 1.54) is 0 Å². The molecule has 0 unspecified atom stereocenters. The molecule has 0 amide bonds. The molecule has 17 heavy (non-hydrogen) atoms. The Hall–Kier alpha value is -1.07. The van der Waals surface area contributed by atoms with E-state index in [-0.39, 0.29) is 5.75 Å². The van der Waals surface area contributed by atoms with Crippen LogP contribution in [0.25, 0.3) is 0 Å². The minimum atomic E-state index is -3.19. The molecule has 1 aromatic rings. The van der Waals surface area contributed by atoms with Crippen molar-refractivity contribution < 1.29 is 8.42 Å². The van der Waals surface area contributed by atoms with Gasteiger partial charge in [-0.3, -0.25) is 0 Å². The van der Waals surface area contributed by atoms with Gasteiger partial charge in [0.25, 0.3) is 0 Å². The first-order chi connectivity index (χ1) is 7.83. The molecule has 1 aromatic carbocycles. The highest BCUT2D eigenvalue weighted by molar-refractivity contribution is 7.91. The van der Waals surface area contributed by atoms with Crippen LogP contribution in [0.5, 0.6) is 0 Å². The Labute approximate surface area is 103 Å². The molecule has 0 radical (unpaired) electrons. The molecule has 0 saturated heterocycles. The van der Waals surface area contributed by atoms with Gasteiger partial charge in [-0.05, 0) is 57.7 Å². The lowest BCUT2D eigenvalue weighted by Crippen LogP contribution is -2.17. The van der Waals surface area contributed by atoms with Gasteiger partial charge in [0.15, 0.2) is 9.84 Å². The first-order valence-corrected chi connectivity index (χ1v) is 7.22. The van der Waals surface area contributed by atoms with Crippen molar-refractivity contribution in [2.24, 2.45) is 0 Å². The Balaban J connectivity index is 2.83. The minimum absolute atomic E-state index is 0.177. The number of hydrogen-bond donors (Lipinski definition) is 1. The molecule has 5 heteroatoms. The largest absolute Gasteiger partial charge is 0.399 e. The van der Waals surface area contributed by atoms with Crippen LogP contribution in [0.3, 0.4) is 0 Å². The highest BCUT2D eigenvalue weighted by atomic mass is 32.2. The van der Waals surface area contributed by atoms with E-state index in [9.17, 15) is 8.42 Å². The van der Waals surface area contributed by atoms with E-state index in [0.717, 1.165) is 12.1 Å². The summed E-state index contributed by atoms with van der Waals surface area (Å²) in [6.07, 6.45) is 0.638. The summed E-state index contributed by atoms with van der Waals surface area (Å²) in [5, 5.41) is 0. The van der Waals surface area contributed by atoms with Crippen molar-refractivity contribution in [1.29, 1.82) is 0 Å². The summed E-state index contributed by atoms with van der Waals surface area (Å²) in [6.45, 7) is 2.54. The van der Waals surface area contributed by atoms with Gasteiger partial charge in [-0.25, -0.2) is 8.42 Å². The van der Waals surface area contributed by atoms with Crippen LogP contribution in [-0.4, -0.2) is 39.7 Å². The van der Waals surface area contributed by atoms with Gasteiger partial charge in [-0.15, -0.1) is 0 Å². The van der Waals surface area contributed by atoms with Gasteiger partial charge in [0.2, 0.25) is 0 Å². The second-order valence-electron chi connectivity index (χ2n) is 4.50. The Bertz CT molecular complexity index is 481. The lowest BCUT2D eigenvalue weighted by atomic mass is 10.2. The van der Waals surface area contributed by atoms with Gasteiger partial charge in [-0.1, -0.05) is 0 Å². The van der Waals surface area contributed by atoms with Gasteiger partial charge in [0, 0.05) is 5.69 Å². The van der Waals surface area contributed by atoms with E-state index in [4.69, 9.17) is 5.73 Å². The van der Waals surface area contributed by atoms with Crippen LogP contribution in [0.2, 0.25) is 0 Å². The highest BCUT2D eigenvalue weighted by Crippen LogP contribution is 2.19. The van der Waals surface area contributed by atoms with Crippen molar-refractivity contribution in [1.82, 2.24) is 4.90 Å². The van der Waals surface area contributed by atoms with Crippen molar-refractivity contribution in [2.75, 3.05) is 32.1 Å². The SMILES string of the molecule is Cc1cc(N)ccc1S(=O)(=O)CCCN(C)C. The lowest BCUT2D eigenvalue weighted by molar-refractivity contribution is 0.408. The maximum absolute atomic E-state index is 12.1. The molecule has 96 valence electrons. The van der Waals surface area contributed by atoms with Crippen molar-refractivity contribution in [3.63, 3.8) is 0 Å². The number of sulfone groups is 1. The number of anilines is 1. The zero-order valence-electron chi connectivity index (χ0n) is 10.6. The molecule has 0 spiro atoms. The molecule has 0 atom stereocenters. The fraction of sp³-hybridized carbons (Fsp3) is 0.500. The summed E-state index contributed by atoms with van der Waals surface area (Å²) in [6, 6.07) is 4.92. The van der Waals surface area contributed by atoms with Crippen LogP contribution >= 0.6 is 0 Å². The second-order valence-corrected chi connectivity index (χ2v) is 6.58. The Kier molecular flexibility index (Phi) is 4.54. The van der Waals surface area contributed by atoms with E-state index >= 15 is 0 Å².